The van der Waals surface area contributed by atoms with Crippen LogP contribution in [0.4, 0.5) is 4.79 Å². The zero-order valence-corrected chi connectivity index (χ0v) is 7.28. The van der Waals surface area contributed by atoms with E-state index in [0.717, 1.165) is 25.7 Å². The van der Waals surface area contributed by atoms with E-state index in [4.69, 9.17) is 9.84 Å². The lowest BCUT2D eigenvalue weighted by Gasteiger charge is -2.49. The molecule has 2 saturated carbocycles. The molecule has 2 aliphatic rings. The second kappa shape index (κ2) is 2.72. The highest BCUT2D eigenvalue weighted by molar-refractivity contribution is 5.84. The van der Waals surface area contributed by atoms with Crippen LogP contribution in [0.15, 0.2) is 0 Å². The molecule has 0 amide bonds. The first kappa shape index (κ1) is 8.53. The molecule has 4 heteroatoms. The van der Waals surface area contributed by atoms with E-state index in [2.05, 4.69) is 0 Å². The fourth-order valence-electron chi connectivity index (χ4n) is 2.45. The zero-order valence-electron chi connectivity index (χ0n) is 7.28. The third-order valence-electron chi connectivity index (χ3n) is 3.19. The summed E-state index contributed by atoms with van der Waals surface area (Å²) in [6.45, 7) is 0. The summed E-state index contributed by atoms with van der Waals surface area (Å²) < 4.78 is 4.84. The average Bonchev–Trinajstić information content (AvgIpc) is 1.97. The second-order valence-electron chi connectivity index (χ2n) is 3.84. The summed E-state index contributed by atoms with van der Waals surface area (Å²) in [5.74, 6) is 0.0381. The van der Waals surface area contributed by atoms with E-state index in [0.29, 0.717) is 6.42 Å². The smallest absolute Gasteiger partial charge is 0.450 e. The van der Waals surface area contributed by atoms with E-state index in [1.54, 1.807) is 0 Å². The van der Waals surface area contributed by atoms with Gasteiger partial charge in [-0.05, 0) is 25.7 Å². The van der Waals surface area contributed by atoms with Crippen LogP contribution in [0.25, 0.3) is 0 Å². The van der Waals surface area contributed by atoms with Crippen molar-refractivity contribution in [3.8, 4) is 0 Å². The number of hydrogen-bond donors (Lipinski definition) is 1. The van der Waals surface area contributed by atoms with Crippen molar-refractivity contribution in [3.05, 3.63) is 0 Å². The van der Waals surface area contributed by atoms with Gasteiger partial charge in [0.25, 0.3) is 0 Å². The lowest BCUT2D eigenvalue weighted by molar-refractivity contribution is -0.161. The summed E-state index contributed by atoms with van der Waals surface area (Å²) in [7, 11) is 0. The minimum atomic E-state index is -1.25. The maximum absolute atomic E-state index is 11.4. The number of ketones is 1. The molecule has 0 bridgehead atoms. The first-order valence-electron chi connectivity index (χ1n) is 4.59. The molecule has 4 nitrogen and oxygen atoms in total. The van der Waals surface area contributed by atoms with Gasteiger partial charge in [0.15, 0.2) is 0 Å². The van der Waals surface area contributed by atoms with Gasteiger partial charge in [-0.15, -0.1) is 0 Å². The standard InChI is InChI=1S/C9H12O4/c10-7-2-1-4-9(13-8(11)12)5-3-6(7)9/h6H,1-5H2,(H,11,12)/t6-,9-/m1/s1. The van der Waals surface area contributed by atoms with Gasteiger partial charge in [0.1, 0.15) is 11.4 Å². The third-order valence-corrected chi connectivity index (χ3v) is 3.19. The fourth-order valence-corrected chi connectivity index (χ4v) is 2.45. The fraction of sp³-hybridized carbons (Fsp3) is 0.778. The predicted molar refractivity (Wildman–Crippen MR) is 43.4 cm³/mol. The monoisotopic (exact) mass is 184 g/mol. The van der Waals surface area contributed by atoms with Crippen molar-refractivity contribution >= 4 is 11.9 Å². The Bertz CT molecular complexity index is 260. The number of carbonyl (C=O) groups is 2. The van der Waals surface area contributed by atoms with Crippen LogP contribution >= 0.6 is 0 Å². The topological polar surface area (TPSA) is 63.6 Å². The Morgan fingerprint density at radius 1 is 1.54 bits per heavy atom. The first-order chi connectivity index (χ1) is 6.14. The van der Waals surface area contributed by atoms with Gasteiger partial charge in [-0.3, -0.25) is 4.79 Å². The number of ether oxygens (including phenoxy) is 1. The van der Waals surface area contributed by atoms with Gasteiger partial charge in [0.2, 0.25) is 0 Å². The molecule has 0 aromatic heterocycles. The van der Waals surface area contributed by atoms with Crippen LogP contribution in [0.3, 0.4) is 0 Å². The second-order valence-corrected chi connectivity index (χ2v) is 3.84. The molecule has 2 atom stereocenters. The molecule has 72 valence electrons. The van der Waals surface area contributed by atoms with E-state index in [1.165, 1.54) is 0 Å². The van der Waals surface area contributed by atoms with Gasteiger partial charge in [0, 0.05) is 6.42 Å². The largest absolute Gasteiger partial charge is 0.506 e. The summed E-state index contributed by atoms with van der Waals surface area (Å²) in [6.07, 6.45) is 2.34. The highest BCUT2D eigenvalue weighted by atomic mass is 16.7. The molecule has 2 aliphatic carbocycles. The lowest BCUT2D eigenvalue weighted by atomic mass is 9.61. The van der Waals surface area contributed by atoms with Crippen LogP contribution in [0, 0.1) is 5.92 Å². The van der Waals surface area contributed by atoms with E-state index in [-0.39, 0.29) is 11.7 Å². The average molecular weight is 184 g/mol. The molecule has 0 aromatic carbocycles. The molecule has 0 radical (unpaired) electrons. The quantitative estimate of drug-likeness (QED) is 0.628. The van der Waals surface area contributed by atoms with Gasteiger partial charge >= 0.3 is 6.16 Å². The van der Waals surface area contributed by atoms with Crippen LogP contribution in [0.2, 0.25) is 0 Å². The molecule has 13 heavy (non-hydrogen) atoms. The maximum atomic E-state index is 11.4. The van der Waals surface area contributed by atoms with Crippen molar-refractivity contribution in [1.29, 1.82) is 0 Å². The number of carboxylic acid groups (broad SMARTS) is 1. The molecule has 0 unspecified atom stereocenters. The van der Waals surface area contributed by atoms with Crippen LogP contribution in [0.5, 0.6) is 0 Å². The number of rotatable bonds is 1. The van der Waals surface area contributed by atoms with E-state index >= 15 is 0 Å². The summed E-state index contributed by atoms with van der Waals surface area (Å²) in [5.41, 5.74) is -0.638. The molecule has 1 N–H and O–H groups in total. The van der Waals surface area contributed by atoms with Crippen LogP contribution < -0.4 is 0 Å². The Hall–Kier alpha value is -1.06. The lowest BCUT2D eigenvalue weighted by Crippen LogP contribution is -2.56. The number of carbonyl (C=O) groups excluding carboxylic acids is 1. The minimum Gasteiger partial charge on any atom is -0.450 e. The van der Waals surface area contributed by atoms with Gasteiger partial charge < -0.3 is 9.84 Å². The molecule has 0 aromatic rings. The van der Waals surface area contributed by atoms with E-state index in [1.807, 2.05) is 0 Å². The van der Waals surface area contributed by atoms with Gasteiger partial charge in [0.05, 0.1) is 5.92 Å². The predicted octanol–water partition coefficient (Wildman–Crippen LogP) is 1.58. The summed E-state index contributed by atoms with van der Waals surface area (Å²) in [5, 5.41) is 8.54. The normalized spacial score (nSPS) is 37.5. The molecule has 2 rings (SSSR count). The number of hydrogen-bond acceptors (Lipinski definition) is 3. The summed E-state index contributed by atoms with van der Waals surface area (Å²) in [4.78, 5) is 21.8. The van der Waals surface area contributed by atoms with Crippen LogP contribution in [0.1, 0.15) is 32.1 Å². The Labute approximate surface area is 75.9 Å². The number of fused-ring (bicyclic) bond motifs is 1. The Balaban J connectivity index is 2.12. The van der Waals surface area contributed by atoms with Crippen molar-refractivity contribution in [3.63, 3.8) is 0 Å². The Kier molecular flexibility index (Phi) is 1.78. The van der Waals surface area contributed by atoms with Gasteiger partial charge in [-0.2, -0.15) is 0 Å². The molecule has 0 saturated heterocycles. The SMILES string of the molecule is O=C(O)O[C@@]12CCCC(=O)[C@H]1CC2. The van der Waals surface area contributed by atoms with Crippen LogP contribution in [-0.4, -0.2) is 22.6 Å². The molecular formula is C9H12O4. The van der Waals surface area contributed by atoms with E-state index < -0.39 is 11.8 Å². The molecular weight excluding hydrogens is 172 g/mol. The van der Waals surface area contributed by atoms with Crippen molar-refractivity contribution in [2.24, 2.45) is 5.92 Å². The molecule has 0 heterocycles. The van der Waals surface area contributed by atoms with Crippen molar-refractivity contribution in [2.45, 2.75) is 37.7 Å². The van der Waals surface area contributed by atoms with Gasteiger partial charge in [-0.25, -0.2) is 4.79 Å². The molecule has 0 spiro atoms. The van der Waals surface area contributed by atoms with Gasteiger partial charge in [-0.1, -0.05) is 0 Å². The molecule has 0 aliphatic heterocycles. The van der Waals surface area contributed by atoms with Crippen molar-refractivity contribution in [1.82, 2.24) is 0 Å². The molecule has 2 fully saturated rings. The minimum absolute atomic E-state index is 0.141. The summed E-state index contributed by atoms with van der Waals surface area (Å²) >= 11 is 0. The van der Waals surface area contributed by atoms with E-state index in [9.17, 15) is 9.59 Å². The van der Waals surface area contributed by atoms with Crippen LogP contribution in [-0.2, 0) is 9.53 Å². The Morgan fingerprint density at radius 2 is 2.31 bits per heavy atom. The number of Topliss-reactive ketones (excluding diaryl/α,β-unsaturated/α-hetero) is 1. The van der Waals surface area contributed by atoms with Crippen molar-refractivity contribution in [2.75, 3.05) is 0 Å². The zero-order chi connectivity index (χ0) is 9.47. The maximum Gasteiger partial charge on any atom is 0.506 e. The highest BCUT2D eigenvalue weighted by Gasteiger charge is 2.55. The third kappa shape index (κ3) is 1.20. The van der Waals surface area contributed by atoms with Crippen molar-refractivity contribution < 1.29 is 19.4 Å². The highest BCUT2D eigenvalue weighted by Crippen LogP contribution is 2.49. The Morgan fingerprint density at radius 3 is 2.85 bits per heavy atom. The summed E-state index contributed by atoms with van der Waals surface area (Å²) in [6, 6.07) is 0. The first-order valence-corrected chi connectivity index (χ1v) is 4.59.